The molecule has 1 fully saturated rings. The first-order chi connectivity index (χ1) is 11.1. The van der Waals surface area contributed by atoms with Gasteiger partial charge >= 0.3 is 5.69 Å². The van der Waals surface area contributed by atoms with E-state index in [0.717, 1.165) is 10.7 Å². The molecule has 1 aliphatic rings. The van der Waals surface area contributed by atoms with Gasteiger partial charge in [-0.3, -0.25) is 14.3 Å². The van der Waals surface area contributed by atoms with Gasteiger partial charge in [-0.2, -0.15) is 0 Å². The lowest BCUT2D eigenvalue weighted by Crippen LogP contribution is -2.38. The zero-order valence-electron chi connectivity index (χ0n) is 14.0. The zero-order valence-corrected chi connectivity index (χ0v) is 14.9. The number of nitrogens with one attached hydrogen (secondary N) is 1. The summed E-state index contributed by atoms with van der Waals surface area (Å²) in [6, 6.07) is 0. The summed E-state index contributed by atoms with van der Waals surface area (Å²) in [5.74, 6) is 5.18. The predicted octanol–water partition coefficient (Wildman–Crippen LogP) is -0.373. The van der Waals surface area contributed by atoms with Crippen LogP contribution in [0.5, 0.6) is 0 Å². The van der Waals surface area contributed by atoms with Crippen LogP contribution in [-0.2, 0) is 4.74 Å². The van der Waals surface area contributed by atoms with Crippen molar-refractivity contribution in [1.82, 2.24) is 9.55 Å². The maximum absolute atomic E-state index is 12.0. The summed E-state index contributed by atoms with van der Waals surface area (Å²) < 4.78 is 6.77. The van der Waals surface area contributed by atoms with E-state index < -0.39 is 42.7 Å². The smallest absolute Gasteiger partial charge is 0.330 e. The minimum Gasteiger partial charge on any atom is -0.388 e. The van der Waals surface area contributed by atoms with Crippen molar-refractivity contribution in [2.24, 2.45) is 0 Å². The van der Waals surface area contributed by atoms with E-state index in [1.807, 2.05) is 0 Å². The molecule has 24 heavy (non-hydrogen) atoms. The molecular weight excluding hydrogens is 331 g/mol. The van der Waals surface area contributed by atoms with Crippen LogP contribution >= 0.6 is 6.89 Å². The average molecular weight is 354 g/mol. The van der Waals surface area contributed by atoms with Crippen LogP contribution in [0.15, 0.2) is 15.8 Å². The van der Waals surface area contributed by atoms with Crippen molar-refractivity contribution in [3.05, 3.63) is 32.6 Å². The Morgan fingerprint density at radius 3 is 2.62 bits per heavy atom. The molecule has 0 aromatic carbocycles. The van der Waals surface area contributed by atoms with Gasteiger partial charge in [-0.25, -0.2) is 4.79 Å². The van der Waals surface area contributed by atoms with E-state index in [9.17, 15) is 19.8 Å². The Morgan fingerprint density at radius 1 is 1.38 bits per heavy atom. The molecule has 0 saturated carbocycles. The second kappa shape index (κ2) is 7.12. The van der Waals surface area contributed by atoms with Crippen molar-refractivity contribution in [2.45, 2.75) is 37.9 Å². The van der Waals surface area contributed by atoms with Gasteiger partial charge in [0.05, 0.1) is 6.10 Å². The molecule has 0 spiro atoms. The lowest BCUT2D eigenvalue weighted by molar-refractivity contribution is -0.0403. The van der Waals surface area contributed by atoms with Gasteiger partial charge in [0.1, 0.15) is 17.8 Å². The minimum absolute atomic E-state index is 0.0932. The van der Waals surface area contributed by atoms with E-state index in [2.05, 4.69) is 36.5 Å². The Labute approximate surface area is 140 Å². The molecule has 3 N–H and O–H groups in total. The molecule has 1 saturated heterocycles. The summed E-state index contributed by atoms with van der Waals surface area (Å²) >= 11 is 0. The van der Waals surface area contributed by atoms with Crippen molar-refractivity contribution in [2.75, 3.05) is 19.5 Å². The van der Waals surface area contributed by atoms with Gasteiger partial charge in [0.15, 0.2) is 6.23 Å². The van der Waals surface area contributed by atoms with Crippen molar-refractivity contribution < 1.29 is 14.9 Å². The van der Waals surface area contributed by atoms with E-state index in [-0.39, 0.29) is 5.56 Å². The summed E-state index contributed by atoms with van der Waals surface area (Å²) in [6.45, 7) is 4.42. The molecule has 7 nitrogen and oxygen atoms in total. The monoisotopic (exact) mass is 354 g/mol. The van der Waals surface area contributed by atoms with Crippen molar-refractivity contribution in [3.8, 4) is 11.8 Å². The van der Waals surface area contributed by atoms with Gasteiger partial charge in [0.25, 0.3) is 5.56 Å². The molecule has 2 rings (SSSR count). The summed E-state index contributed by atoms with van der Waals surface area (Å²) in [7, 11) is 0. The fourth-order valence-corrected chi connectivity index (χ4v) is 3.53. The van der Waals surface area contributed by atoms with Crippen LogP contribution < -0.4 is 11.2 Å². The summed E-state index contributed by atoms with van der Waals surface area (Å²) in [4.78, 5) is 25.9. The van der Waals surface area contributed by atoms with Crippen LogP contribution in [-0.4, -0.2) is 63.9 Å². The third-order valence-corrected chi connectivity index (χ3v) is 5.33. The number of rotatable bonds is 4. The van der Waals surface area contributed by atoms with Crippen LogP contribution in [0, 0.1) is 11.8 Å². The van der Waals surface area contributed by atoms with E-state index >= 15 is 0 Å². The fraction of sp³-hybridized carbons (Fsp3) is 0.562. The fourth-order valence-electron chi connectivity index (χ4n) is 2.57. The van der Waals surface area contributed by atoms with Crippen LogP contribution in [0.4, 0.5) is 0 Å². The van der Waals surface area contributed by atoms with Gasteiger partial charge < -0.3 is 14.9 Å². The molecule has 0 bridgehead atoms. The third kappa shape index (κ3) is 4.08. The topological polar surface area (TPSA) is 105 Å². The molecule has 2 heterocycles. The third-order valence-electron chi connectivity index (χ3n) is 3.86. The summed E-state index contributed by atoms with van der Waals surface area (Å²) in [6.07, 6.45) is 2.65. The molecule has 132 valence electrons. The molecule has 0 unspecified atom stereocenters. The minimum atomic E-state index is -1.30. The number of H-pyrrole nitrogens is 1. The molecule has 8 heteroatoms. The van der Waals surface area contributed by atoms with E-state index in [4.69, 9.17) is 4.74 Å². The Morgan fingerprint density at radius 2 is 2.04 bits per heavy atom. The van der Waals surface area contributed by atoms with E-state index in [0.29, 0.717) is 6.42 Å². The van der Waals surface area contributed by atoms with E-state index in [1.165, 1.54) is 6.20 Å². The van der Waals surface area contributed by atoms with Crippen molar-refractivity contribution in [1.29, 1.82) is 0 Å². The number of aromatic nitrogens is 2. The normalized spacial score (nSPS) is 26.9. The number of ether oxygens (including phenoxy) is 1. The molecule has 4 atom stereocenters. The van der Waals surface area contributed by atoms with Gasteiger partial charge in [-0.1, -0.05) is 5.92 Å². The Hall–Kier alpha value is -1.58. The Kier molecular flexibility index (Phi) is 5.56. The SMILES string of the molecule is C=P(C)(C)CC[C@H]1O[C@@H](n2cc(C#CC)c(=O)[nH]c2=O)[C@H](O)[C@@H]1O. The molecule has 1 aromatic rings. The Balaban J connectivity index is 2.31. The number of hydrogen-bond acceptors (Lipinski definition) is 5. The van der Waals surface area contributed by atoms with Crippen molar-refractivity contribution >= 4 is 13.2 Å². The number of aliphatic hydroxyl groups excluding tert-OH is 2. The average Bonchev–Trinajstić information content (AvgIpc) is 2.75. The lowest BCUT2D eigenvalue weighted by Gasteiger charge is -2.18. The second-order valence-corrected chi connectivity index (χ2v) is 10.9. The standard InChI is InChI=1S/C16H23N2O5P/c1-5-6-10-9-18(16(22)17-14(10)21)15-13(20)12(19)11(23-15)7-8-24(2,3)4/h9,11-13,15,19-20H,2,7-8H2,1,3-4H3,(H,17,21,22)/t11-,12-,13-,15-/m1/s1. The number of hydrogen-bond donors (Lipinski definition) is 3. The molecule has 0 radical (unpaired) electrons. The van der Waals surface area contributed by atoms with Crippen molar-refractivity contribution in [3.63, 3.8) is 0 Å². The summed E-state index contributed by atoms with van der Waals surface area (Å²) in [5, 5.41) is 20.5. The van der Waals surface area contributed by atoms with Crippen LogP contribution in [0.3, 0.4) is 0 Å². The highest BCUT2D eigenvalue weighted by Crippen LogP contribution is 2.39. The first-order valence-electron chi connectivity index (χ1n) is 7.61. The maximum Gasteiger partial charge on any atom is 0.330 e. The first kappa shape index (κ1) is 18.8. The molecular formula is C16H23N2O5P. The van der Waals surface area contributed by atoms with Gasteiger partial charge in [-0.15, -0.1) is 19.1 Å². The van der Waals surface area contributed by atoms with Crippen LogP contribution in [0.25, 0.3) is 0 Å². The summed E-state index contributed by atoms with van der Waals surface area (Å²) in [5.41, 5.74) is -1.22. The second-order valence-electron chi connectivity index (χ2n) is 6.58. The molecule has 0 aliphatic carbocycles. The highest BCUT2D eigenvalue weighted by Gasteiger charge is 2.43. The van der Waals surface area contributed by atoms with Crippen LogP contribution in [0.2, 0.25) is 0 Å². The van der Waals surface area contributed by atoms with Crippen LogP contribution in [0.1, 0.15) is 25.1 Å². The largest absolute Gasteiger partial charge is 0.388 e. The van der Waals surface area contributed by atoms with E-state index in [1.54, 1.807) is 6.92 Å². The van der Waals surface area contributed by atoms with Gasteiger partial charge in [-0.05, 0) is 32.8 Å². The number of nitrogens with zero attached hydrogens (tertiary/aromatic N) is 1. The molecule has 1 aliphatic heterocycles. The molecule has 1 aromatic heterocycles. The predicted molar refractivity (Wildman–Crippen MR) is 95.2 cm³/mol. The maximum atomic E-state index is 12.0. The highest BCUT2D eigenvalue weighted by atomic mass is 31.2. The Bertz CT molecular complexity index is 825. The van der Waals surface area contributed by atoms with Gasteiger partial charge in [0, 0.05) is 6.20 Å². The van der Waals surface area contributed by atoms with Gasteiger partial charge in [0.2, 0.25) is 0 Å². The highest BCUT2D eigenvalue weighted by molar-refractivity contribution is 7.72. The lowest BCUT2D eigenvalue weighted by atomic mass is 10.1. The number of aliphatic hydroxyl groups is 2. The number of aromatic amines is 1. The quantitative estimate of drug-likeness (QED) is 0.505. The zero-order chi connectivity index (χ0) is 18.1. The molecule has 0 amide bonds. The first-order valence-corrected chi connectivity index (χ1v) is 10.7.